The summed E-state index contributed by atoms with van der Waals surface area (Å²) in [5, 5.41) is 9.01. The lowest BCUT2D eigenvalue weighted by atomic mass is 9.90. The molecular weight excluding hydrogens is 184 g/mol. The van der Waals surface area contributed by atoms with E-state index in [0.29, 0.717) is 17.9 Å². The van der Waals surface area contributed by atoms with Gasteiger partial charge < -0.3 is 5.11 Å². The maximum atomic E-state index is 9.01. The van der Waals surface area contributed by atoms with Gasteiger partial charge in [-0.1, -0.05) is 44.2 Å². The van der Waals surface area contributed by atoms with Crippen molar-refractivity contribution < 1.29 is 5.11 Å². The Morgan fingerprint density at radius 1 is 1.40 bits per heavy atom. The highest BCUT2D eigenvalue weighted by molar-refractivity contribution is 5.23. The maximum absolute atomic E-state index is 9.01. The predicted molar refractivity (Wildman–Crippen MR) is 62.8 cm³/mol. The lowest BCUT2D eigenvalue weighted by Crippen LogP contribution is -2.06. The molecule has 0 saturated heterocycles. The van der Waals surface area contributed by atoms with Crippen molar-refractivity contribution in [2.75, 3.05) is 6.61 Å². The molecule has 1 aliphatic carbocycles. The molecule has 0 spiro atoms. The molecule has 1 heteroatoms. The van der Waals surface area contributed by atoms with Crippen LogP contribution in [0.15, 0.2) is 30.3 Å². The first-order valence-electron chi connectivity index (χ1n) is 5.83. The van der Waals surface area contributed by atoms with Crippen molar-refractivity contribution in [1.29, 1.82) is 0 Å². The molecule has 0 radical (unpaired) electrons. The zero-order chi connectivity index (χ0) is 10.9. The molecule has 1 aromatic rings. The average Bonchev–Trinajstić information content (AvgIpc) is 2.91. The maximum Gasteiger partial charge on any atom is 0.0436 e. The van der Waals surface area contributed by atoms with E-state index in [-0.39, 0.29) is 0 Å². The summed E-state index contributed by atoms with van der Waals surface area (Å²) in [7, 11) is 0. The van der Waals surface area contributed by atoms with Crippen molar-refractivity contribution in [3.8, 4) is 0 Å². The van der Waals surface area contributed by atoms with Crippen LogP contribution < -0.4 is 0 Å². The molecule has 1 aliphatic rings. The standard InChI is InChI=1S/C14H20O/c1-11(12-6-4-3-5-7-12)13-10-14(13,2)8-9-15/h3-7,11,13,15H,8-10H2,1-2H3/t11?,13-,14+/m0/s1. The minimum Gasteiger partial charge on any atom is -0.396 e. The Morgan fingerprint density at radius 3 is 2.67 bits per heavy atom. The Labute approximate surface area is 92.1 Å². The molecule has 0 heterocycles. The largest absolute Gasteiger partial charge is 0.396 e. The van der Waals surface area contributed by atoms with E-state index in [1.165, 1.54) is 12.0 Å². The van der Waals surface area contributed by atoms with Crippen LogP contribution in [0.5, 0.6) is 0 Å². The first-order valence-corrected chi connectivity index (χ1v) is 5.83. The lowest BCUT2D eigenvalue weighted by Gasteiger charge is -2.15. The summed E-state index contributed by atoms with van der Waals surface area (Å²) in [6.45, 7) is 4.93. The van der Waals surface area contributed by atoms with Gasteiger partial charge >= 0.3 is 0 Å². The van der Waals surface area contributed by atoms with Crippen LogP contribution in [0.1, 0.15) is 38.2 Å². The van der Waals surface area contributed by atoms with Crippen LogP contribution in [-0.2, 0) is 0 Å². The molecule has 15 heavy (non-hydrogen) atoms. The van der Waals surface area contributed by atoms with Crippen LogP contribution in [0, 0.1) is 11.3 Å². The second kappa shape index (κ2) is 3.97. The molecule has 1 aromatic carbocycles. The van der Waals surface area contributed by atoms with Crippen molar-refractivity contribution in [2.24, 2.45) is 11.3 Å². The van der Waals surface area contributed by atoms with Gasteiger partial charge in [-0.15, -0.1) is 0 Å². The fraction of sp³-hybridized carbons (Fsp3) is 0.571. The van der Waals surface area contributed by atoms with Gasteiger partial charge in [0.1, 0.15) is 0 Å². The summed E-state index contributed by atoms with van der Waals surface area (Å²) in [6, 6.07) is 10.7. The SMILES string of the molecule is CC(c1ccccc1)[C@@H]1C[C@@]1(C)CCO. The summed E-state index contributed by atoms with van der Waals surface area (Å²) < 4.78 is 0. The van der Waals surface area contributed by atoms with Gasteiger partial charge in [0.15, 0.2) is 0 Å². The smallest absolute Gasteiger partial charge is 0.0436 e. The molecule has 3 atom stereocenters. The second-order valence-corrected chi connectivity index (χ2v) is 5.14. The van der Waals surface area contributed by atoms with Crippen molar-refractivity contribution in [1.82, 2.24) is 0 Å². The molecule has 1 unspecified atom stereocenters. The molecule has 0 aliphatic heterocycles. The second-order valence-electron chi connectivity index (χ2n) is 5.14. The fourth-order valence-electron chi connectivity index (χ4n) is 2.76. The third-order valence-electron chi connectivity index (χ3n) is 4.03. The topological polar surface area (TPSA) is 20.2 Å². The first-order chi connectivity index (χ1) is 7.17. The highest BCUT2D eigenvalue weighted by Crippen LogP contribution is 2.60. The summed E-state index contributed by atoms with van der Waals surface area (Å²) in [4.78, 5) is 0. The molecule has 0 aromatic heterocycles. The molecule has 0 bridgehead atoms. The van der Waals surface area contributed by atoms with Gasteiger partial charge in [-0.3, -0.25) is 0 Å². The van der Waals surface area contributed by atoms with Crippen LogP contribution in [0.25, 0.3) is 0 Å². The van der Waals surface area contributed by atoms with Crippen molar-refractivity contribution in [3.63, 3.8) is 0 Å². The summed E-state index contributed by atoms with van der Waals surface area (Å²) in [5.74, 6) is 1.38. The summed E-state index contributed by atoms with van der Waals surface area (Å²) >= 11 is 0. The highest BCUT2D eigenvalue weighted by Gasteiger charge is 2.51. The van der Waals surface area contributed by atoms with E-state index in [1.807, 2.05) is 0 Å². The molecule has 1 saturated carbocycles. The van der Waals surface area contributed by atoms with E-state index >= 15 is 0 Å². The van der Waals surface area contributed by atoms with Gasteiger partial charge in [-0.25, -0.2) is 0 Å². The van der Waals surface area contributed by atoms with E-state index in [9.17, 15) is 0 Å². The molecule has 2 rings (SSSR count). The van der Waals surface area contributed by atoms with Crippen LogP contribution >= 0.6 is 0 Å². The minimum absolute atomic E-state index is 0.328. The Hall–Kier alpha value is -0.820. The van der Waals surface area contributed by atoms with E-state index in [0.717, 1.165) is 12.3 Å². The van der Waals surface area contributed by atoms with Crippen LogP contribution in [0.2, 0.25) is 0 Å². The summed E-state index contributed by atoms with van der Waals surface area (Å²) in [6.07, 6.45) is 2.22. The lowest BCUT2D eigenvalue weighted by molar-refractivity contribution is 0.245. The Kier molecular flexibility index (Phi) is 2.83. The van der Waals surface area contributed by atoms with Crippen molar-refractivity contribution in [2.45, 2.75) is 32.6 Å². The van der Waals surface area contributed by atoms with E-state index < -0.39 is 0 Å². The number of aliphatic hydroxyl groups excluding tert-OH is 1. The quantitative estimate of drug-likeness (QED) is 0.798. The number of hydrogen-bond donors (Lipinski definition) is 1. The Balaban J connectivity index is 2.03. The van der Waals surface area contributed by atoms with E-state index in [1.54, 1.807) is 0 Å². The molecule has 1 nitrogen and oxygen atoms in total. The Morgan fingerprint density at radius 2 is 2.07 bits per heavy atom. The minimum atomic E-state index is 0.328. The van der Waals surface area contributed by atoms with Gasteiger partial charge in [0.25, 0.3) is 0 Å². The van der Waals surface area contributed by atoms with Gasteiger partial charge in [-0.2, -0.15) is 0 Å². The van der Waals surface area contributed by atoms with Gasteiger partial charge in [0.05, 0.1) is 0 Å². The van der Waals surface area contributed by atoms with Crippen LogP contribution in [-0.4, -0.2) is 11.7 Å². The zero-order valence-corrected chi connectivity index (χ0v) is 9.61. The van der Waals surface area contributed by atoms with Crippen molar-refractivity contribution in [3.05, 3.63) is 35.9 Å². The molecule has 0 amide bonds. The van der Waals surface area contributed by atoms with Crippen LogP contribution in [0.4, 0.5) is 0 Å². The molecule has 1 fully saturated rings. The number of hydrogen-bond acceptors (Lipinski definition) is 1. The highest BCUT2D eigenvalue weighted by atomic mass is 16.3. The van der Waals surface area contributed by atoms with Gasteiger partial charge in [0, 0.05) is 6.61 Å². The van der Waals surface area contributed by atoms with E-state index in [4.69, 9.17) is 5.11 Å². The zero-order valence-electron chi connectivity index (χ0n) is 9.61. The number of rotatable bonds is 4. The predicted octanol–water partition coefficient (Wildman–Crippen LogP) is 3.20. The van der Waals surface area contributed by atoms with Crippen LogP contribution in [0.3, 0.4) is 0 Å². The fourth-order valence-corrected chi connectivity index (χ4v) is 2.76. The molecule has 82 valence electrons. The number of aliphatic hydroxyl groups is 1. The third-order valence-corrected chi connectivity index (χ3v) is 4.03. The van der Waals surface area contributed by atoms with Gasteiger partial charge in [0.2, 0.25) is 0 Å². The Bertz CT molecular complexity index is 319. The monoisotopic (exact) mass is 204 g/mol. The van der Waals surface area contributed by atoms with E-state index in [2.05, 4.69) is 44.2 Å². The number of benzene rings is 1. The van der Waals surface area contributed by atoms with Gasteiger partial charge in [-0.05, 0) is 35.7 Å². The molecule has 1 N–H and O–H groups in total. The summed E-state index contributed by atoms with van der Waals surface area (Å²) in [5.41, 5.74) is 1.83. The average molecular weight is 204 g/mol. The molecular formula is C14H20O. The van der Waals surface area contributed by atoms with Crippen molar-refractivity contribution >= 4 is 0 Å². The first kappa shape index (κ1) is 10.7. The normalized spacial score (nSPS) is 31.3. The third kappa shape index (κ3) is 2.07.